The molecule has 0 atom stereocenters. The molecular formula is C22H27N5OS. The summed E-state index contributed by atoms with van der Waals surface area (Å²) in [7, 11) is 2.00. The zero-order valence-electron chi connectivity index (χ0n) is 17.0. The lowest BCUT2D eigenvalue weighted by Crippen LogP contribution is -2.48. The van der Waals surface area contributed by atoms with Crippen molar-refractivity contribution in [2.24, 2.45) is 0 Å². The Bertz CT molecular complexity index is 966. The first-order valence-corrected chi connectivity index (χ1v) is 11.0. The second-order valence-electron chi connectivity index (χ2n) is 7.38. The number of carbonyl (C=O) groups is 1. The van der Waals surface area contributed by atoms with Crippen LogP contribution in [0.5, 0.6) is 0 Å². The Labute approximate surface area is 175 Å². The SMILES string of the molecule is CCN1CCN(C(=O)CCN(C)c2ncnc3sc(-c4ccccc4)cc23)CC1. The van der Waals surface area contributed by atoms with Crippen LogP contribution in [0.1, 0.15) is 13.3 Å². The smallest absolute Gasteiger partial charge is 0.224 e. The topological polar surface area (TPSA) is 52.6 Å². The first kappa shape index (κ1) is 19.8. The third-order valence-electron chi connectivity index (χ3n) is 5.56. The number of nitrogens with zero attached hydrogens (tertiary/aromatic N) is 5. The quantitative estimate of drug-likeness (QED) is 0.625. The van der Waals surface area contributed by atoms with Crippen LogP contribution in [0.4, 0.5) is 5.82 Å². The molecule has 1 amide bonds. The fraction of sp³-hybridized carbons (Fsp3) is 0.409. The van der Waals surface area contributed by atoms with Gasteiger partial charge in [0.25, 0.3) is 0 Å². The largest absolute Gasteiger partial charge is 0.359 e. The van der Waals surface area contributed by atoms with E-state index in [1.807, 2.05) is 30.1 Å². The average molecular weight is 410 g/mol. The molecule has 0 bridgehead atoms. The molecule has 1 aliphatic rings. The number of carbonyl (C=O) groups excluding carboxylic acids is 1. The molecule has 7 heteroatoms. The molecule has 2 aromatic heterocycles. The van der Waals surface area contributed by atoms with Crippen molar-refractivity contribution < 1.29 is 4.79 Å². The summed E-state index contributed by atoms with van der Waals surface area (Å²) in [6.07, 6.45) is 2.12. The second-order valence-corrected chi connectivity index (χ2v) is 8.41. The number of rotatable bonds is 6. The minimum Gasteiger partial charge on any atom is -0.359 e. The number of likely N-dealkylation sites (N-methyl/N-ethyl adjacent to an activating group) is 1. The van der Waals surface area contributed by atoms with Crippen LogP contribution in [0.25, 0.3) is 20.7 Å². The number of fused-ring (bicyclic) bond motifs is 1. The number of piperazine rings is 1. The van der Waals surface area contributed by atoms with Crippen molar-refractivity contribution in [3.05, 3.63) is 42.7 Å². The molecule has 3 aromatic rings. The highest BCUT2D eigenvalue weighted by Crippen LogP contribution is 2.35. The molecule has 0 spiro atoms. The molecule has 0 N–H and O–H groups in total. The summed E-state index contributed by atoms with van der Waals surface area (Å²) < 4.78 is 0. The predicted molar refractivity (Wildman–Crippen MR) is 119 cm³/mol. The predicted octanol–water partition coefficient (Wildman–Crippen LogP) is 3.35. The van der Waals surface area contributed by atoms with E-state index in [0.717, 1.165) is 48.8 Å². The molecule has 0 unspecified atom stereocenters. The zero-order valence-corrected chi connectivity index (χ0v) is 17.9. The van der Waals surface area contributed by atoms with Gasteiger partial charge in [0.05, 0.1) is 5.39 Å². The Balaban J connectivity index is 1.44. The standard InChI is InChI=1S/C22H27N5OS/c1-3-26-11-13-27(14-12-26)20(28)9-10-25(2)21-18-15-19(17-7-5-4-6-8-17)29-22(18)24-16-23-21/h4-8,15-16H,3,9-14H2,1-2H3. The third kappa shape index (κ3) is 4.41. The van der Waals surface area contributed by atoms with Crippen molar-refractivity contribution in [3.8, 4) is 10.4 Å². The van der Waals surface area contributed by atoms with Crippen molar-refractivity contribution in [1.82, 2.24) is 19.8 Å². The van der Waals surface area contributed by atoms with Gasteiger partial charge >= 0.3 is 0 Å². The third-order valence-corrected chi connectivity index (χ3v) is 6.65. The summed E-state index contributed by atoms with van der Waals surface area (Å²) in [5.41, 5.74) is 1.19. The fourth-order valence-electron chi connectivity index (χ4n) is 3.73. The summed E-state index contributed by atoms with van der Waals surface area (Å²) in [6.45, 7) is 7.49. The Hall–Kier alpha value is -2.51. The number of aromatic nitrogens is 2. The number of thiophene rings is 1. The van der Waals surface area contributed by atoms with Crippen molar-refractivity contribution in [3.63, 3.8) is 0 Å². The highest BCUT2D eigenvalue weighted by atomic mass is 32.1. The Kier molecular flexibility index (Phi) is 6.06. The van der Waals surface area contributed by atoms with Crippen LogP contribution >= 0.6 is 11.3 Å². The van der Waals surface area contributed by atoms with Crippen LogP contribution in [0.15, 0.2) is 42.7 Å². The van der Waals surface area contributed by atoms with Crippen LogP contribution in [0.3, 0.4) is 0 Å². The highest BCUT2D eigenvalue weighted by Gasteiger charge is 2.21. The number of hydrogen-bond donors (Lipinski definition) is 0. The highest BCUT2D eigenvalue weighted by molar-refractivity contribution is 7.21. The molecular weight excluding hydrogens is 382 g/mol. The minimum atomic E-state index is 0.230. The van der Waals surface area contributed by atoms with Gasteiger partial charge in [0.15, 0.2) is 0 Å². The normalized spacial score (nSPS) is 15.0. The first-order valence-electron chi connectivity index (χ1n) is 10.2. The van der Waals surface area contributed by atoms with Crippen LogP contribution < -0.4 is 4.90 Å². The second kappa shape index (κ2) is 8.88. The van der Waals surface area contributed by atoms with Gasteiger partial charge in [0, 0.05) is 51.1 Å². The van der Waals surface area contributed by atoms with Gasteiger partial charge in [-0.05, 0) is 18.2 Å². The molecule has 1 saturated heterocycles. The van der Waals surface area contributed by atoms with Crippen molar-refractivity contribution >= 4 is 33.3 Å². The van der Waals surface area contributed by atoms with E-state index in [1.54, 1.807) is 17.7 Å². The van der Waals surface area contributed by atoms with E-state index >= 15 is 0 Å². The molecule has 4 rings (SSSR count). The molecule has 1 aliphatic heterocycles. The minimum absolute atomic E-state index is 0.230. The van der Waals surface area contributed by atoms with E-state index in [4.69, 9.17) is 0 Å². The molecule has 0 aliphatic carbocycles. The maximum absolute atomic E-state index is 12.6. The van der Waals surface area contributed by atoms with Crippen LogP contribution in [-0.4, -0.2) is 72.0 Å². The molecule has 0 saturated carbocycles. The molecule has 1 aromatic carbocycles. The molecule has 1 fully saturated rings. The lowest BCUT2D eigenvalue weighted by atomic mass is 10.2. The average Bonchev–Trinajstić information content (AvgIpc) is 3.22. The van der Waals surface area contributed by atoms with Gasteiger partial charge in [-0.25, -0.2) is 9.97 Å². The van der Waals surface area contributed by atoms with E-state index in [2.05, 4.69) is 44.9 Å². The zero-order chi connectivity index (χ0) is 20.2. The summed E-state index contributed by atoms with van der Waals surface area (Å²) in [5, 5.41) is 1.04. The van der Waals surface area contributed by atoms with E-state index in [-0.39, 0.29) is 5.91 Å². The number of benzene rings is 1. The van der Waals surface area contributed by atoms with Gasteiger partial charge in [-0.1, -0.05) is 37.3 Å². The summed E-state index contributed by atoms with van der Waals surface area (Å²) >= 11 is 1.67. The fourth-order valence-corrected chi connectivity index (χ4v) is 4.73. The van der Waals surface area contributed by atoms with Gasteiger partial charge in [0.1, 0.15) is 17.0 Å². The lowest BCUT2D eigenvalue weighted by molar-refractivity contribution is -0.132. The van der Waals surface area contributed by atoms with Crippen molar-refractivity contribution in [1.29, 1.82) is 0 Å². The molecule has 6 nitrogen and oxygen atoms in total. The Morgan fingerprint density at radius 2 is 1.90 bits per heavy atom. The maximum Gasteiger partial charge on any atom is 0.224 e. The molecule has 3 heterocycles. The summed E-state index contributed by atoms with van der Waals surface area (Å²) in [5.74, 6) is 1.12. The summed E-state index contributed by atoms with van der Waals surface area (Å²) in [4.78, 5) is 30.2. The van der Waals surface area contributed by atoms with E-state index in [0.29, 0.717) is 13.0 Å². The Morgan fingerprint density at radius 1 is 1.14 bits per heavy atom. The Morgan fingerprint density at radius 3 is 2.62 bits per heavy atom. The van der Waals surface area contributed by atoms with Gasteiger partial charge < -0.3 is 14.7 Å². The van der Waals surface area contributed by atoms with Gasteiger partial charge in [-0.15, -0.1) is 11.3 Å². The van der Waals surface area contributed by atoms with Crippen LogP contribution in [-0.2, 0) is 4.79 Å². The van der Waals surface area contributed by atoms with Crippen LogP contribution in [0, 0.1) is 0 Å². The first-order chi connectivity index (χ1) is 14.2. The van der Waals surface area contributed by atoms with Crippen molar-refractivity contribution in [2.75, 3.05) is 51.2 Å². The van der Waals surface area contributed by atoms with Gasteiger partial charge in [0.2, 0.25) is 5.91 Å². The molecule has 152 valence electrons. The maximum atomic E-state index is 12.6. The van der Waals surface area contributed by atoms with Gasteiger partial charge in [-0.3, -0.25) is 4.79 Å². The summed E-state index contributed by atoms with van der Waals surface area (Å²) in [6, 6.07) is 12.5. The lowest BCUT2D eigenvalue weighted by Gasteiger charge is -2.34. The van der Waals surface area contributed by atoms with Gasteiger partial charge in [-0.2, -0.15) is 0 Å². The number of hydrogen-bond acceptors (Lipinski definition) is 6. The van der Waals surface area contributed by atoms with E-state index < -0.39 is 0 Å². The molecule has 0 radical (unpaired) electrons. The number of anilines is 1. The van der Waals surface area contributed by atoms with Crippen LogP contribution in [0.2, 0.25) is 0 Å². The number of amides is 1. The molecule has 29 heavy (non-hydrogen) atoms. The monoisotopic (exact) mass is 409 g/mol. The van der Waals surface area contributed by atoms with E-state index in [1.165, 1.54) is 10.4 Å². The van der Waals surface area contributed by atoms with E-state index in [9.17, 15) is 4.79 Å². The van der Waals surface area contributed by atoms with Crippen molar-refractivity contribution in [2.45, 2.75) is 13.3 Å².